The summed E-state index contributed by atoms with van der Waals surface area (Å²) in [5.74, 6) is -0.216. The topological polar surface area (TPSA) is 29.3 Å². The van der Waals surface area contributed by atoms with Crippen molar-refractivity contribution in [2.45, 2.75) is 18.9 Å². The first-order chi connectivity index (χ1) is 7.16. The average Bonchev–Trinajstić information content (AvgIpc) is 2.22. The zero-order valence-electron chi connectivity index (χ0n) is 8.42. The van der Waals surface area contributed by atoms with Gasteiger partial charge in [-0.1, -0.05) is 0 Å². The van der Waals surface area contributed by atoms with Gasteiger partial charge >= 0.3 is 0 Å². The minimum atomic E-state index is -0.216. The number of rotatable bonds is 1. The van der Waals surface area contributed by atoms with Gasteiger partial charge in [0.2, 0.25) is 0 Å². The average molecular weight is 273 g/mol. The summed E-state index contributed by atoms with van der Waals surface area (Å²) in [5.41, 5.74) is 6.81. The van der Waals surface area contributed by atoms with Gasteiger partial charge in [0.25, 0.3) is 0 Å². The molecule has 15 heavy (non-hydrogen) atoms. The molecule has 2 nitrogen and oxygen atoms in total. The van der Waals surface area contributed by atoms with E-state index in [2.05, 4.69) is 20.8 Å². The maximum absolute atomic E-state index is 13.3. The summed E-state index contributed by atoms with van der Waals surface area (Å²) in [4.78, 5) is 2.14. The fourth-order valence-electron chi connectivity index (χ4n) is 1.93. The Morgan fingerprint density at radius 2 is 2.27 bits per heavy atom. The summed E-state index contributed by atoms with van der Waals surface area (Å²) in [6.07, 6.45) is 2.15. The normalized spacial score (nSPS) is 21.8. The predicted octanol–water partition coefficient (Wildman–Crippen LogP) is 2.52. The fourth-order valence-corrected chi connectivity index (χ4v) is 2.17. The molecule has 1 unspecified atom stereocenters. The molecule has 1 atom stereocenters. The summed E-state index contributed by atoms with van der Waals surface area (Å²) in [7, 11) is 0. The summed E-state index contributed by atoms with van der Waals surface area (Å²) < 4.78 is 13.8. The predicted molar refractivity (Wildman–Crippen MR) is 63.5 cm³/mol. The lowest BCUT2D eigenvalue weighted by Gasteiger charge is -2.32. The highest BCUT2D eigenvalue weighted by atomic mass is 79.9. The van der Waals surface area contributed by atoms with Gasteiger partial charge in [-0.05, 0) is 47.0 Å². The van der Waals surface area contributed by atoms with Gasteiger partial charge < -0.3 is 10.6 Å². The van der Waals surface area contributed by atoms with Crippen molar-refractivity contribution in [2.75, 3.05) is 18.0 Å². The largest absolute Gasteiger partial charge is 0.370 e. The third-order valence-corrected chi connectivity index (χ3v) is 3.37. The van der Waals surface area contributed by atoms with Gasteiger partial charge in [0.1, 0.15) is 5.82 Å². The number of hydrogen-bond donors (Lipinski definition) is 1. The van der Waals surface area contributed by atoms with Gasteiger partial charge in [-0.25, -0.2) is 4.39 Å². The number of anilines is 1. The van der Waals surface area contributed by atoms with Crippen molar-refractivity contribution in [1.29, 1.82) is 0 Å². The molecule has 0 bridgehead atoms. The Labute approximate surface area is 97.4 Å². The molecule has 1 aliphatic rings. The van der Waals surface area contributed by atoms with E-state index in [1.54, 1.807) is 12.1 Å². The summed E-state index contributed by atoms with van der Waals surface area (Å²) in [5, 5.41) is 0. The van der Waals surface area contributed by atoms with Gasteiger partial charge in [0.05, 0.1) is 4.47 Å². The third-order valence-electron chi connectivity index (χ3n) is 2.73. The number of nitrogens with zero attached hydrogens (tertiary/aromatic N) is 1. The van der Waals surface area contributed by atoms with Crippen LogP contribution < -0.4 is 10.6 Å². The number of hydrogen-bond acceptors (Lipinski definition) is 2. The molecule has 1 aliphatic heterocycles. The molecule has 1 saturated heterocycles. The van der Waals surface area contributed by atoms with E-state index in [4.69, 9.17) is 5.73 Å². The van der Waals surface area contributed by atoms with Gasteiger partial charge in [0, 0.05) is 24.8 Å². The minimum Gasteiger partial charge on any atom is -0.370 e. The summed E-state index contributed by atoms with van der Waals surface area (Å²) >= 11 is 3.15. The lowest BCUT2D eigenvalue weighted by molar-refractivity contribution is 0.505. The Kier molecular flexibility index (Phi) is 3.26. The number of benzene rings is 1. The zero-order chi connectivity index (χ0) is 10.8. The van der Waals surface area contributed by atoms with Crippen LogP contribution in [0, 0.1) is 5.82 Å². The van der Waals surface area contributed by atoms with Crippen molar-refractivity contribution in [3.05, 3.63) is 28.5 Å². The highest BCUT2D eigenvalue weighted by molar-refractivity contribution is 9.10. The van der Waals surface area contributed by atoms with Crippen molar-refractivity contribution in [3.8, 4) is 0 Å². The molecule has 2 rings (SSSR count). The van der Waals surface area contributed by atoms with E-state index >= 15 is 0 Å². The lowest BCUT2D eigenvalue weighted by Crippen LogP contribution is -2.42. The molecule has 0 spiro atoms. The third kappa shape index (κ3) is 2.49. The number of piperidine rings is 1. The molecule has 1 heterocycles. The van der Waals surface area contributed by atoms with E-state index in [9.17, 15) is 4.39 Å². The molecule has 82 valence electrons. The second-order valence-corrected chi connectivity index (χ2v) is 4.80. The molecular formula is C11H14BrFN2. The van der Waals surface area contributed by atoms with Crippen molar-refractivity contribution in [1.82, 2.24) is 0 Å². The molecule has 1 aromatic rings. The summed E-state index contributed by atoms with van der Waals surface area (Å²) in [6.45, 7) is 1.79. The molecule has 2 N–H and O–H groups in total. The molecule has 4 heteroatoms. The first-order valence-electron chi connectivity index (χ1n) is 5.12. The summed E-state index contributed by atoms with van der Waals surface area (Å²) in [6, 6.07) is 5.43. The first-order valence-corrected chi connectivity index (χ1v) is 5.91. The Bertz CT molecular complexity index is 356. The van der Waals surface area contributed by atoms with E-state index in [-0.39, 0.29) is 11.9 Å². The van der Waals surface area contributed by atoms with Crippen LogP contribution in [0.4, 0.5) is 10.1 Å². The van der Waals surface area contributed by atoms with E-state index in [1.165, 1.54) is 0 Å². The van der Waals surface area contributed by atoms with E-state index in [0.717, 1.165) is 31.6 Å². The van der Waals surface area contributed by atoms with Gasteiger partial charge in [-0.2, -0.15) is 0 Å². The second kappa shape index (κ2) is 4.49. The van der Waals surface area contributed by atoms with Crippen LogP contribution in [0.3, 0.4) is 0 Å². The van der Waals surface area contributed by atoms with Gasteiger partial charge in [-0.3, -0.25) is 0 Å². The fraction of sp³-hybridized carbons (Fsp3) is 0.455. The molecular weight excluding hydrogens is 259 g/mol. The van der Waals surface area contributed by atoms with Crippen LogP contribution in [0.5, 0.6) is 0 Å². The van der Waals surface area contributed by atoms with Crippen LogP contribution >= 0.6 is 15.9 Å². The Balaban J connectivity index is 2.18. The van der Waals surface area contributed by atoms with Crippen LogP contribution in [-0.2, 0) is 0 Å². The van der Waals surface area contributed by atoms with Crippen molar-refractivity contribution in [2.24, 2.45) is 5.73 Å². The second-order valence-electron chi connectivity index (χ2n) is 3.95. The van der Waals surface area contributed by atoms with E-state index < -0.39 is 0 Å². The number of nitrogens with two attached hydrogens (primary N) is 1. The van der Waals surface area contributed by atoms with Crippen LogP contribution in [0.2, 0.25) is 0 Å². The Morgan fingerprint density at radius 1 is 1.47 bits per heavy atom. The van der Waals surface area contributed by atoms with Gasteiger partial charge in [0.15, 0.2) is 0 Å². The van der Waals surface area contributed by atoms with E-state index in [0.29, 0.717) is 4.47 Å². The van der Waals surface area contributed by atoms with Crippen molar-refractivity contribution < 1.29 is 4.39 Å². The van der Waals surface area contributed by atoms with E-state index in [1.807, 2.05) is 6.07 Å². The van der Waals surface area contributed by atoms with Crippen LogP contribution in [-0.4, -0.2) is 19.1 Å². The SMILES string of the molecule is NC1CCCN(c2ccc(Br)c(F)c2)C1. The standard InChI is InChI=1S/C11H14BrFN2/c12-10-4-3-9(6-11(10)13)15-5-1-2-8(14)7-15/h3-4,6,8H,1-2,5,7,14H2. The minimum absolute atomic E-state index is 0.213. The van der Waals surface area contributed by atoms with Gasteiger partial charge in [-0.15, -0.1) is 0 Å². The van der Waals surface area contributed by atoms with Crippen LogP contribution in [0.15, 0.2) is 22.7 Å². The molecule has 0 amide bonds. The Hall–Kier alpha value is -0.610. The molecule has 0 aliphatic carbocycles. The quantitative estimate of drug-likeness (QED) is 0.851. The maximum Gasteiger partial charge on any atom is 0.139 e. The van der Waals surface area contributed by atoms with Crippen molar-refractivity contribution >= 4 is 21.6 Å². The van der Waals surface area contributed by atoms with Crippen LogP contribution in [0.25, 0.3) is 0 Å². The highest BCUT2D eigenvalue weighted by Gasteiger charge is 2.17. The highest BCUT2D eigenvalue weighted by Crippen LogP contribution is 2.24. The monoisotopic (exact) mass is 272 g/mol. The lowest BCUT2D eigenvalue weighted by atomic mass is 10.1. The molecule has 0 aromatic heterocycles. The van der Waals surface area contributed by atoms with Crippen LogP contribution in [0.1, 0.15) is 12.8 Å². The molecule has 0 radical (unpaired) electrons. The zero-order valence-corrected chi connectivity index (χ0v) is 10.0. The first kappa shape index (κ1) is 10.9. The number of halogens is 2. The smallest absolute Gasteiger partial charge is 0.139 e. The molecule has 0 saturated carbocycles. The Morgan fingerprint density at radius 3 is 2.93 bits per heavy atom. The molecule has 1 fully saturated rings. The molecule has 1 aromatic carbocycles. The maximum atomic E-state index is 13.3. The van der Waals surface area contributed by atoms with Crippen molar-refractivity contribution in [3.63, 3.8) is 0 Å².